The molecule has 1 aliphatic heterocycles. The summed E-state index contributed by atoms with van der Waals surface area (Å²) in [5.41, 5.74) is 4.25. The smallest absolute Gasteiger partial charge is 0.242 e. The number of aromatic amines is 2. The Labute approximate surface area is 144 Å². The zero-order valence-corrected chi connectivity index (χ0v) is 13.5. The molecular weight excluding hydrogens is 312 g/mol. The molecule has 0 radical (unpaired) electrons. The van der Waals surface area contributed by atoms with Gasteiger partial charge in [0.05, 0.1) is 6.04 Å². The van der Waals surface area contributed by atoms with Crippen LogP contribution in [0.15, 0.2) is 60.9 Å². The number of aromatic nitrogens is 2. The first kappa shape index (κ1) is 14.3. The lowest BCUT2D eigenvalue weighted by atomic mass is 9.98. The number of hydrogen-bond acceptors (Lipinski definition) is 2. The van der Waals surface area contributed by atoms with Crippen LogP contribution in [0.25, 0.3) is 21.8 Å². The quantitative estimate of drug-likeness (QED) is 0.456. The minimum atomic E-state index is -0.336. The zero-order valence-electron chi connectivity index (χ0n) is 13.5. The number of fused-ring (bicyclic) bond motifs is 2. The molecule has 4 aromatic rings. The average Bonchev–Trinajstić information content (AvgIpc) is 3.26. The van der Waals surface area contributed by atoms with Crippen LogP contribution in [0, 0.1) is 0 Å². The molecule has 2 atom stereocenters. The first-order valence-electron chi connectivity index (χ1n) is 8.47. The Morgan fingerprint density at radius 3 is 2.08 bits per heavy atom. The summed E-state index contributed by atoms with van der Waals surface area (Å²) in [5, 5.41) is 8.84. The second kappa shape index (κ2) is 5.50. The molecule has 0 aliphatic carbocycles. The van der Waals surface area contributed by atoms with Crippen LogP contribution >= 0.6 is 0 Å². The Morgan fingerprint density at radius 1 is 0.800 bits per heavy atom. The Morgan fingerprint density at radius 2 is 1.40 bits per heavy atom. The van der Waals surface area contributed by atoms with Gasteiger partial charge in [0, 0.05) is 51.9 Å². The van der Waals surface area contributed by atoms with Crippen LogP contribution in [0.4, 0.5) is 0 Å². The minimum absolute atomic E-state index is 0.00582. The van der Waals surface area contributed by atoms with Crippen molar-refractivity contribution >= 4 is 27.7 Å². The average molecular weight is 330 g/mol. The van der Waals surface area contributed by atoms with Gasteiger partial charge < -0.3 is 15.3 Å². The highest BCUT2D eigenvalue weighted by molar-refractivity contribution is 5.93. The number of carbonyl (C=O) groups is 1. The molecule has 0 saturated carbocycles. The molecule has 25 heavy (non-hydrogen) atoms. The Balaban J connectivity index is 1.45. The van der Waals surface area contributed by atoms with Crippen molar-refractivity contribution in [3.05, 3.63) is 72.1 Å². The topological polar surface area (TPSA) is 72.7 Å². The van der Waals surface area contributed by atoms with Gasteiger partial charge in [-0.15, -0.1) is 0 Å². The second-order valence-corrected chi connectivity index (χ2v) is 6.48. The van der Waals surface area contributed by atoms with E-state index in [9.17, 15) is 4.79 Å². The van der Waals surface area contributed by atoms with Crippen molar-refractivity contribution in [3.8, 4) is 0 Å². The van der Waals surface area contributed by atoms with E-state index in [-0.39, 0.29) is 18.0 Å². The van der Waals surface area contributed by atoms with Gasteiger partial charge in [-0.1, -0.05) is 36.4 Å². The normalized spacial score (nSPS) is 20.9. The number of nitrogens with one attached hydrogen (secondary N) is 4. The van der Waals surface area contributed by atoms with E-state index >= 15 is 0 Å². The molecule has 0 unspecified atom stereocenters. The van der Waals surface area contributed by atoms with E-state index in [1.54, 1.807) is 0 Å². The van der Waals surface area contributed by atoms with Crippen molar-refractivity contribution in [2.75, 3.05) is 6.54 Å². The van der Waals surface area contributed by atoms with E-state index in [1.165, 1.54) is 0 Å². The van der Waals surface area contributed by atoms with Crippen LogP contribution in [-0.4, -0.2) is 22.4 Å². The summed E-state index contributed by atoms with van der Waals surface area (Å²) in [6.07, 6.45) is 3.91. The van der Waals surface area contributed by atoms with Crippen molar-refractivity contribution in [3.63, 3.8) is 0 Å². The number of hydrogen-bond donors (Lipinski definition) is 4. The number of rotatable bonds is 2. The van der Waals surface area contributed by atoms with Gasteiger partial charge in [0.15, 0.2) is 0 Å². The van der Waals surface area contributed by atoms with Gasteiger partial charge in [-0.2, -0.15) is 0 Å². The Kier molecular flexibility index (Phi) is 3.15. The summed E-state index contributed by atoms with van der Waals surface area (Å²) in [4.78, 5) is 19.3. The molecule has 0 bridgehead atoms. The van der Waals surface area contributed by atoms with Crippen molar-refractivity contribution < 1.29 is 4.79 Å². The zero-order chi connectivity index (χ0) is 16.8. The number of amides is 1. The molecule has 0 spiro atoms. The fourth-order valence-corrected chi connectivity index (χ4v) is 3.79. The summed E-state index contributed by atoms with van der Waals surface area (Å²) in [6, 6.07) is 15.8. The van der Waals surface area contributed by atoms with Gasteiger partial charge in [0.25, 0.3) is 0 Å². The number of H-pyrrole nitrogens is 2. The lowest BCUT2D eigenvalue weighted by molar-refractivity contribution is -0.125. The Bertz CT molecular complexity index is 1080. The third kappa shape index (κ3) is 2.24. The number of carbonyl (C=O) groups excluding carboxylic acids is 1. The van der Waals surface area contributed by atoms with Gasteiger partial charge in [-0.25, -0.2) is 0 Å². The monoisotopic (exact) mass is 330 g/mol. The van der Waals surface area contributed by atoms with E-state index in [4.69, 9.17) is 0 Å². The number of piperazine rings is 1. The number of benzene rings is 2. The van der Waals surface area contributed by atoms with Crippen molar-refractivity contribution in [2.24, 2.45) is 0 Å². The maximum absolute atomic E-state index is 12.8. The van der Waals surface area contributed by atoms with E-state index in [0.29, 0.717) is 6.54 Å². The largest absolute Gasteiger partial charge is 0.361 e. The van der Waals surface area contributed by atoms with E-state index in [2.05, 4.69) is 26.7 Å². The highest BCUT2D eigenvalue weighted by atomic mass is 16.2. The van der Waals surface area contributed by atoms with Crippen LogP contribution in [0.1, 0.15) is 23.2 Å². The van der Waals surface area contributed by atoms with Crippen LogP contribution in [0.3, 0.4) is 0 Å². The van der Waals surface area contributed by atoms with Gasteiger partial charge in [0.1, 0.15) is 6.04 Å². The SMILES string of the molecule is O=C1N[C@H](c2c[nH]c3ccccc23)CN[C@@H]1c1c[nH]c2ccccc12. The molecule has 124 valence electrons. The molecule has 1 fully saturated rings. The molecule has 3 heterocycles. The first-order chi connectivity index (χ1) is 12.3. The van der Waals surface area contributed by atoms with Gasteiger partial charge in [-0.05, 0) is 12.1 Å². The first-order valence-corrected chi connectivity index (χ1v) is 8.47. The third-order valence-electron chi connectivity index (χ3n) is 5.03. The molecule has 1 aliphatic rings. The van der Waals surface area contributed by atoms with E-state index in [0.717, 1.165) is 32.9 Å². The van der Waals surface area contributed by atoms with Gasteiger partial charge in [0.2, 0.25) is 5.91 Å². The van der Waals surface area contributed by atoms with Crippen molar-refractivity contribution in [2.45, 2.75) is 12.1 Å². The highest BCUT2D eigenvalue weighted by Crippen LogP contribution is 2.30. The summed E-state index contributed by atoms with van der Waals surface area (Å²) in [5.74, 6) is 0.00582. The fourth-order valence-electron chi connectivity index (χ4n) is 3.79. The molecular formula is C20H18N4O. The predicted molar refractivity (Wildman–Crippen MR) is 98.2 cm³/mol. The van der Waals surface area contributed by atoms with Crippen LogP contribution in [0.2, 0.25) is 0 Å². The van der Waals surface area contributed by atoms with Crippen LogP contribution < -0.4 is 10.6 Å². The lowest BCUT2D eigenvalue weighted by Gasteiger charge is -2.30. The molecule has 5 nitrogen and oxygen atoms in total. The van der Waals surface area contributed by atoms with E-state index in [1.807, 2.05) is 54.9 Å². The molecule has 1 saturated heterocycles. The summed E-state index contributed by atoms with van der Waals surface area (Å²) in [6.45, 7) is 0.692. The summed E-state index contributed by atoms with van der Waals surface area (Å²) in [7, 11) is 0. The molecule has 5 heteroatoms. The standard InChI is InChI=1S/C20H18N4O/c25-20-19(15-10-22-17-8-4-2-6-13(15)17)23-11-18(24-20)14-9-21-16-7-3-1-5-12(14)16/h1-10,18-19,21-23H,11H2,(H,24,25)/t18-,19+/m0/s1. The van der Waals surface area contributed by atoms with Gasteiger partial charge in [-0.3, -0.25) is 10.1 Å². The second-order valence-electron chi connectivity index (χ2n) is 6.48. The minimum Gasteiger partial charge on any atom is -0.361 e. The van der Waals surface area contributed by atoms with Crippen molar-refractivity contribution in [1.29, 1.82) is 0 Å². The van der Waals surface area contributed by atoms with Gasteiger partial charge >= 0.3 is 0 Å². The maximum atomic E-state index is 12.8. The highest BCUT2D eigenvalue weighted by Gasteiger charge is 2.31. The molecule has 1 amide bonds. The summed E-state index contributed by atoms with van der Waals surface area (Å²) >= 11 is 0. The fraction of sp³-hybridized carbons (Fsp3) is 0.150. The van der Waals surface area contributed by atoms with Crippen LogP contribution in [-0.2, 0) is 4.79 Å². The van der Waals surface area contributed by atoms with Crippen LogP contribution in [0.5, 0.6) is 0 Å². The predicted octanol–water partition coefficient (Wildman–Crippen LogP) is 3.15. The van der Waals surface area contributed by atoms with E-state index < -0.39 is 0 Å². The van der Waals surface area contributed by atoms with Crippen molar-refractivity contribution in [1.82, 2.24) is 20.6 Å². The molecule has 4 N–H and O–H groups in total. The lowest BCUT2D eigenvalue weighted by Crippen LogP contribution is -2.49. The molecule has 2 aromatic heterocycles. The number of para-hydroxylation sites is 2. The third-order valence-corrected chi connectivity index (χ3v) is 5.03. The Hall–Kier alpha value is -3.05. The summed E-state index contributed by atoms with van der Waals surface area (Å²) < 4.78 is 0. The molecule has 2 aromatic carbocycles. The maximum Gasteiger partial charge on any atom is 0.242 e. The molecule has 5 rings (SSSR count).